The van der Waals surface area contributed by atoms with E-state index in [4.69, 9.17) is 4.74 Å². The Bertz CT molecular complexity index is 545. The quantitative estimate of drug-likeness (QED) is 0.775. The van der Waals surface area contributed by atoms with Crippen molar-refractivity contribution in [3.05, 3.63) is 23.5 Å². The fraction of sp³-hybridized carbons (Fsp3) is 0.737. The normalized spacial score (nSPS) is 22.8. The Morgan fingerprint density at radius 1 is 1.23 bits per heavy atom. The van der Waals surface area contributed by atoms with E-state index in [1.165, 1.54) is 0 Å². The van der Waals surface area contributed by atoms with Crippen molar-refractivity contribution in [3.63, 3.8) is 0 Å². The molecular formula is C19H32N4O3. The molecule has 0 aromatic carbocycles. The molecule has 3 aliphatic rings. The van der Waals surface area contributed by atoms with Crippen LogP contribution in [-0.4, -0.2) is 90.5 Å². The van der Waals surface area contributed by atoms with Gasteiger partial charge in [0.05, 0.1) is 6.61 Å². The number of carbonyl (C=O) groups excluding carboxylic acids is 1. The van der Waals surface area contributed by atoms with Gasteiger partial charge in [-0.25, -0.2) is 4.79 Å². The Hall–Kier alpha value is -1.73. The molecular weight excluding hydrogens is 332 g/mol. The van der Waals surface area contributed by atoms with Crippen LogP contribution in [0.15, 0.2) is 23.5 Å². The lowest BCUT2D eigenvalue weighted by Gasteiger charge is -2.38. The number of hydrogen-bond acceptors (Lipinski definition) is 6. The predicted molar refractivity (Wildman–Crippen MR) is 101 cm³/mol. The Morgan fingerprint density at radius 2 is 1.92 bits per heavy atom. The minimum Gasteiger partial charge on any atom is -0.446 e. The molecule has 2 saturated heterocycles. The Kier molecular flexibility index (Phi) is 6.43. The van der Waals surface area contributed by atoms with Crippen LogP contribution in [0.4, 0.5) is 4.79 Å². The Morgan fingerprint density at radius 3 is 2.54 bits per heavy atom. The van der Waals surface area contributed by atoms with Crippen LogP contribution in [0, 0.1) is 0 Å². The van der Waals surface area contributed by atoms with Gasteiger partial charge in [0.15, 0.2) is 0 Å². The average Bonchev–Trinajstić information content (AvgIpc) is 2.68. The van der Waals surface area contributed by atoms with Crippen molar-refractivity contribution in [1.29, 1.82) is 0 Å². The highest BCUT2D eigenvalue weighted by Gasteiger charge is 2.28. The third-order valence-corrected chi connectivity index (χ3v) is 5.51. The summed E-state index contributed by atoms with van der Waals surface area (Å²) in [6.07, 6.45) is 5.52. The van der Waals surface area contributed by atoms with Gasteiger partial charge < -0.3 is 25.0 Å². The molecule has 0 aromatic rings. The molecule has 146 valence electrons. The van der Waals surface area contributed by atoms with Gasteiger partial charge in [-0.05, 0) is 25.5 Å². The highest BCUT2D eigenvalue weighted by atomic mass is 16.6. The number of aliphatic hydroxyl groups excluding tert-OH is 1. The largest absolute Gasteiger partial charge is 0.446 e. The molecule has 2 fully saturated rings. The SMILES string of the molecule is CC(C)N1CCN(C(=O)OC2CCN(C3=CC(CO)=CCN3)CC2)CC1. The number of piperazine rings is 1. The molecule has 0 atom stereocenters. The van der Waals surface area contributed by atoms with Crippen molar-refractivity contribution in [2.24, 2.45) is 0 Å². The van der Waals surface area contributed by atoms with Crippen molar-refractivity contribution in [2.75, 3.05) is 52.4 Å². The molecule has 0 aromatic heterocycles. The first-order valence-corrected chi connectivity index (χ1v) is 9.77. The number of rotatable bonds is 4. The fourth-order valence-electron chi connectivity index (χ4n) is 3.74. The third-order valence-electron chi connectivity index (χ3n) is 5.51. The highest BCUT2D eigenvalue weighted by Crippen LogP contribution is 2.20. The second-order valence-electron chi connectivity index (χ2n) is 7.53. The maximum Gasteiger partial charge on any atom is 0.410 e. The standard InChI is InChI=1S/C19H32N4O3/c1-15(2)21-9-11-23(12-10-21)19(25)26-17-4-7-22(8-5-17)18-13-16(14-24)3-6-20-18/h3,13,15,17,20,24H,4-12,14H2,1-2H3. The Balaban J connectivity index is 1.42. The zero-order valence-electron chi connectivity index (χ0n) is 16.0. The van der Waals surface area contributed by atoms with Crippen LogP contribution in [0.5, 0.6) is 0 Å². The molecule has 3 rings (SSSR count). The van der Waals surface area contributed by atoms with Gasteiger partial charge in [-0.3, -0.25) is 4.90 Å². The number of nitrogens with zero attached hydrogens (tertiary/aromatic N) is 3. The minimum atomic E-state index is -0.160. The van der Waals surface area contributed by atoms with Crippen molar-refractivity contribution in [1.82, 2.24) is 20.0 Å². The van der Waals surface area contributed by atoms with E-state index in [0.29, 0.717) is 6.04 Å². The van der Waals surface area contributed by atoms with Gasteiger partial charge in [-0.15, -0.1) is 0 Å². The number of piperidine rings is 1. The van der Waals surface area contributed by atoms with Crippen LogP contribution in [0.1, 0.15) is 26.7 Å². The Labute approximate surface area is 156 Å². The monoisotopic (exact) mass is 364 g/mol. The fourth-order valence-corrected chi connectivity index (χ4v) is 3.74. The number of hydrogen-bond donors (Lipinski definition) is 2. The zero-order valence-corrected chi connectivity index (χ0v) is 16.0. The second kappa shape index (κ2) is 8.77. The topological polar surface area (TPSA) is 68.3 Å². The van der Waals surface area contributed by atoms with Gasteiger partial charge in [0.25, 0.3) is 0 Å². The molecule has 2 N–H and O–H groups in total. The van der Waals surface area contributed by atoms with E-state index in [-0.39, 0.29) is 18.8 Å². The second-order valence-corrected chi connectivity index (χ2v) is 7.53. The zero-order chi connectivity index (χ0) is 18.5. The smallest absolute Gasteiger partial charge is 0.410 e. The molecule has 3 heterocycles. The summed E-state index contributed by atoms with van der Waals surface area (Å²) in [4.78, 5) is 18.9. The molecule has 0 radical (unpaired) electrons. The van der Waals surface area contributed by atoms with Gasteiger partial charge in [-0.2, -0.15) is 0 Å². The molecule has 0 spiro atoms. The van der Waals surface area contributed by atoms with Crippen LogP contribution in [0.25, 0.3) is 0 Å². The van der Waals surface area contributed by atoms with Gasteiger partial charge in [0.1, 0.15) is 11.9 Å². The third kappa shape index (κ3) is 4.71. The maximum absolute atomic E-state index is 12.4. The summed E-state index contributed by atoms with van der Waals surface area (Å²) in [5.41, 5.74) is 0.952. The molecule has 26 heavy (non-hydrogen) atoms. The summed E-state index contributed by atoms with van der Waals surface area (Å²) in [6.45, 7) is 10.3. The van der Waals surface area contributed by atoms with Crippen LogP contribution >= 0.6 is 0 Å². The molecule has 0 bridgehead atoms. The van der Waals surface area contributed by atoms with E-state index in [1.807, 2.05) is 17.1 Å². The molecule has 0 saturated carbocycles. The summed E-state index contributed by atoms with van der Waals surface area (Å²) >= 11 is 0. The van der Waals surface area contributed by atoms with E-state index in [9.17, 15) is 9.90 Å². The lowest BCUT2D eigenvalue weighted by Crippen LogP contribution is -2.51. The molecule has 3 aliphatic heterocycles. The summed E-state index contributed by atoms with van der Waals surface area (Å²) < 4.78 is 5.76. The summed E-state index contributed by atoms with van der Waals surface area (Å²) in [5, 5.41) is 12.6. The van der Waals surface area contributed by atoms with E-state index in [1.54, 1.807) is 0 Å². The van der Waals surface area contributed by atoms with Gasteiger partial charge in [0.2, 0.25) is 0 Å². The lowest BCUT2D eigenvalue weighted by molar-refractivity contribution is 0.0201. The minimum absolute atomic E-state index is 0.000997. The van der Waals surface area contributed by atoms with Crippen LogP contribution in [0.2, 0.25) is 0 Å². The number of nitrogens with one attached hydrogen (secondary N) is 1. The number of likely N-dealkylation sites (tertiary alicyclic amines) is 1. The molecule has 0 aliphatic carbocycles. The number of dihydropyridines is 1. The maximum atomic E-state index is 12.4. The number of ether oxygens (including phenoxy) is 1. The van der Waals surface area contributed by atoms with Gasteiger partial charge in [0, 0.05) is 64.7 Å². The van der Waals surface area contributed by atoms with Crippen molar-refractivity contribution in [3.8, 4) is 0 Å². The van der Waals surface area contributed by atoms with Crippen molar-refractivity contribution < 1.29 is 14.6 Å². The summed E-state index contributed by atoms with van der Waals surface area (Å²) in [6, 6.07) is 0.529. The van der Waals surface area contributed by atoms with Crippen molar-refractivity contribution >= 4 is 6.09 Å². The average molecular weight is 364 g/mol. The molecule has 1 amide bonds. The van der Waals surface area contributed by atoms with Crippen molar-refractivity contribution in [2.45, 2.75) is 38.8 Å². The first-order chi connectivity index (χ1) is 12.6. The summed E-state index contributed by atoms with van der Waals surface area (Å²) in [5.74, 6) is 1.06. The van der Waals surface area contributed by atoms with Crippen LogP contribution < -0.4 is 5.32 Å². The molecule has 0 unspecified atom stereocenters. The molecule has 7 heteroatoms. The van der Waals surface area contributed by atoms with Gasteiger partial charge >= 0.3 is 6.09 Å². The summed E-state index contributed by atoms with van der Waals surface area (Å²) in [7, 11) is 0. The first kappa shape index (κ1) is 19.0. The number of aliphatic hydroxyl groups is 1. The van der Waals surface area contributed by atoms with E-state index in [0.717, 1.165) is 70.0 Å². The van der Waals surface area contributed by atoms with Crippen LogP contribution in [-0.2, 0) is 4.74 Å². The highest BCUT2D eigenvalue weighted by molar-refractivity contribution is 5.68. The number of carbonyl (C=O) groups is 1. The van der Waals surface area contributed by atoms with E-state index in [2.05, 4.69) is 29.0 Å². The van der Waals surface area contributed by atoms with Gasteiger partial charge in [-0.1, -0.05) is 6.08 Å². The van der Waals surface area contributed by atoms with E-state index >= 15 is 0 Å². The number of amides is 1. The predicted octanol–water partition coefficient (Wildman–Crippen LogP) is 0.977. The lowest BCUT2D eigenvalue weighted by atomic mass is 10.1. The first-order valence-electron chi connectivity index (χ1n) is 9.77. The molecule has 7 nitrogen and oxygen atoms in total. The van der Waals surface area contributed by atoms with E-state index < -0.39 is 0 Å². The van der Waals surface area contributed by atoms with Crippen LogP contribution in [0.3, 0.4) is 0 Å².